The lowest BCUT2D eigenvalue weighted by molar-refractivity contribution is -0.140. The summed E-state index contributed by atoms with van der Waals surface area (Å²) >= 11 is 5.95. The smallest absolute Gasteiger partial charge is 0.326 e. The van der Waals surface area contributed by atoms with Crippen molar-refractivity contribution in [1.29, 1.82) is 0 Å². The van der Waals surface area contributed by atoms with Crippen LogP contribution in [0.2, 0.25) is 5.02 Å². The number of carbonyl (C=O) groups is 2. The third-order valence-corrected chi connectivity index (χ3v) is 2.95. The van der Waals surface area contributed by atoms with Crippen LogP contribution in [0.5, 0.6) is 0 Å². The molecule has 0 bridgehead atoms. The van der Waals surface area contributed by atoms with E-state index in [1.165, 1.54) is 6.20 Å². The minimum atomic E-state index is -1.06. The average Bonchev–Trinajstić information content (AvgIpc) is 2.37. The van der Waals surface area contributed by atoms with Gasteiger partial charge in [-0.05, 0) is 23.6 Å². The fraction of sp³-hybridized carbons (Fsp3) is 0.286. The number of amides is 2. The highest BCUT2D eigenvalue weighted by atomic mass is 35.5. The van der Waals surface area contributed by atoms with Gasteiger partial charge in [-0.25, -0.2) is 9.59 Å². The van der Waals surface area contributed by atoms with Crippen LogP contribution >= 0.6 is 11.6 Å². The van der Waals surface area contributed by atoms with Crippen molar-refractivity contribution in [3.8, 4) is 0 Å². The number of carboxylic acids is 1. The quantitative estimate of drug-likeness (QED) is 0.782. The van der Waals surface area contributed by atoms with Crippen molar-refractivity contribution in [2.45, 2.75) is 19.9 Å². The van der Waals surface area contributed by atoms with Crippen LogP contribution in [0.25, 0.3) is 6.08 Å². The van der Waals surface area contributed by atoms with Crippen LogP contribution in [0.1, 0.15) is 19.4 Å². The van der Waals surface area contributed by atoms with Gasteiger partial charge in [-0.3, -0.25) is 0 Å². The summed E-state index contributed by atoms with van der Waals surface area (Å²) in [7, 11) is 0. The largest absolute Gasteiger partial charge is 0.480 e. The Morgan fingerprint density at radius 1 is 1.30 bits per heavy atom. The van der Waals surface area contributed by atoms with Crippen molar-refractivity contribution >= 4 is 29.7 Å². The predicted octanol–water partition coefficient (Wildman–Crippen LogP) is 2.72. The fourth-order valence-corrected chi connectivity index (χ4v) is 1.71. The topological polar surface area (TPSA) is 78.4 Å². The summed E-state index contributed by atoms with van der Waals surface area (Å²) in [6, 6.07) is 5.66. The van der Waals surface area contributed by atoms with E-state index in [-0.39, 0.29) is 5.92 Å². The zero-order valence-electron chi connectivity index (χ0n) is 11.3. The van der Waals surface area contributed by atoms with Gasteiger partial charge in [0.1, 0.15) is 6.04 Å². The molecular weight excluding hydrogens is 280 g/mol. The normalized spacial score (nSPS) is 12.4. The molecule has 108 valence electrons. The molecule has 0 fully saturated rings. The maximum atomic E-state index is 11.6. The Morgan fingerprint density at radius 2 is 1.95 bits per heavy atom. The summed E-state index contributed by atoms with van der Waals surface area (Å²) in [6.07, 6.45) is 3.04. The Bertz CT molecular complexity index is 515. The van der Waals surface area contributed by atoms with Crippen molar-refractivity contribution in [3.05, 3.63) is 41.1 Å². The number of carbonyl (C=O) groups excluding carboxylic acids is 1. The molecule has 0 spiro atoms. The Balaban J connectivity index is 2.55. The standard InChI is InChI=1S/C14H17ClN2O3/c1-9(2)12(13(18)19)17-14(20)16-8-7-10-5-3-4-6-11(10)15/h3-9,12H,1-2H3,(H,18,19)(H2,16,17,20)/b8-7+. The van der Waals surface area contributed by atoms with E-state index < -0.39 is 18.0 Å². The molecule has 0 saturated heterocycles. The molecule has 6 heteroatoms. The third-order valence-electron chi connectivity index (χ3n) is 2.60. The van der Waals surface area contributed by atoms with E-state index in [0.717, 1.165) is 5.56 Å². The zero-order chi connectivity index (χ0) is 15.1. The van der Waals surface area contributed by atoms with Crippen molar-refractivity contribution in [3.63, 3.8) is 0 Å². The van der Waals surface area contributed by atoms with Crippen molar-refractivity contribution in [2.24, 2.45) is 5.92 Å². The van der Waals surface area contributed by atoms with Gasteiger partial charge >= 0.3 is 12.0 Å². The molecule has 0 aliphatic carbocycles. The monoisotopic (exact) mass is 296 g/mol. The number of hydrogen-bond acceptors (Lipinski definition) is 2. The Labute approximate surface area is 122 Å². The predicted molar refractivity (Wildman–Crippen MR) is 78.4 cm³/mol. The number of urea groups is 1. The van der Waals surface area contributed by atoms with Gasteiger partial charge in [-0.15, -0.1) is 0 Å². The number of nitrogens with one attached hydrogen (secondary N) is 2. The first-order valence-corrected chi connectivity index (χ1v) is 6.50. The Kier molecular flexibility index (Phi) is 6.06. The van der Waals surface area contributed by atoms with Crippen molar-refractivity contribution in [1.82, 2.24) is 10.6 Å². The van der Waals surface area contributed by atoms with Crippen LogP contribution in [0.3, 0.4) is 0 Å². The minimum absolute atomic E-state index is 0.203. The first-order chi connectivity index (χ1) is 9.41. The first-order valence-electron chi connectivity index (χ1n) is 6.12. The number of hydrogen-bond donors (Lipinski definition) is 3. The van der Waals surface area contributed by atoms with Gasteiger partial charge in [0, 0.05) is 11.2 Å². The van der Waals surface area contributed by atoms with E-state index in [4.69, 9.17) is 16.7 Å². The summed E-state index contributed by atoms with van der Waals surface area (Å²) in [6.45, 7) is 3.44. The molecule has 1 aromatic carbocycles. The molecule has 1 atom stereocenters. The third kappa shape index (κ3) is 4.93. The van der Waals surface area contributed by atoms with Gasteiger partial charge in [-0.1, -0.05) is 43.6 Å². The van der Waals surface area contributed by atoms with Crippen molar-refractivity contribution in [2.75, 3.05) is 0 Å². The molecule has 20 heavy (non-hydrogen) atoms. The van der Waals surface area contributed by atoms with Crippen LogP contribution < -0.4 is 10.6 Å². The fourth-order valence-electron chi connectivity index (χ4n) is 1.51. The summed E-state index contributed by atoms with van der Waals surface area (Å²) in [5, 5.41) is 14.3. The lowest BCUT2D eigenvalue weighted by atomic mass is 10.1. The summed E-state index contributed by atoms with van der Waals surface area (Å²) in [5.41, 5.74) is 0.758. The molecule has 1 unspecified atom stereocenters. The van der Waals surface area contributed by atoms with E-state index in [1.807, 2.05) is 6.07 Å². The molecule has 0 aromatic heterocycles. The second-order valence-electron chi connectivity index (χ2n) is 4.53. The molecule has 1 aromatic rings. The molecule has 0 saturated carbocycles. The molecule has 5 nitrogen and oxygen atoms in total. The van der Waals surface area contributed by atoms with Crippen molar-refractivity contribution < 1.29 is 14.7 Å². The number of rotatable bonds is 5. The van der Waals surface area contributed by atoms with Gasteiger partial charge in [0.25, 0.3) is 0 Å². The number of benzene rings is 1. The average molecular weight is 297 g/mol. The van der Waals surface area contributed by atoms with Crippen LogP contribution in [0, 0.1) is 5.92 Å². The SMILES string of the molecule is CC(C)C(NC(=O)N/C=C/c1ccccc1Cl)C(=O)O. The van der Waals surface area contributed by atoms with Crippen LogP contribution in [0.4, 0.5) is 4.79 Å². The second-order valence-corrected chi connectivity index (χ2v) is 4.94. The maximum absolute atomic E-state index is 11.6. The minimum Gasteiger partial charge on any atom is -0.480 e. The van der Waals surface area contributed by atoms with E-state index in [0.29, 0.717) is 5.02 Å². The number of carboxylic acid groups (broad SMARTS) is 1. The molecule has 2 amide bonds. The summed E-state index contributed by atoms with van der Waals surface area (Å²) in [4.78, 5) is 22.5. The second kappa shape index (κ2) is 7.55. The maximum Gasteiger partial charge on any atom is 0.326 e. The van der Waals surface area contributed by atoms with Gasteiger partial charge in [0.2, 0.25) is 0 Å². The highest BCUT2D eigenvalue weighted by Crippen LogP contribution is 2.15. The van der Waals surface area contributed by atoms with E-state index >= 15 is 0 Å². The molecule has 0 radical (unpaired) electrons. The number of halogens is 1. The molecule has 0 heterocycles. The molecular formula is C14H17ClN2O3. The molecule has 3 N–H and O–H groups in total. The Hall–Kier alpha value is -2.01. The van der Waals surface area contributed by atoms with Gasteiger partial charge in [0.15, 0.2) is 0 Å². The highest BCUT2D eigenvalue weighted by Gasteiger charge is 2.22. The first kappa shape index (κ1) is 16.0. The van der Waals surface area contributed by atoms with Crippen LogP contribution in [-0.2, 0) is 4.79 Å². The molecule has 0 aliphatic rings. The van der Waals surface area contributed by atoms with Crippen LogP contribution in [0.15, 0.2) is 30.5 Å². The number of aliphatic carboxylic acids is 1. The van der Waals surface area contributed by atoms with E-state index in [2.05, 4.69) is 10.6 Å². The van der Waals surface area contributed by atoms with Gasteiger partial charge < -0.3 is 15.7 Å². The summed E-state index contributed by atoms with van der Waals surface area (Å²) < 4.78 is 0. The Morgan fingerprint density at radius 3 is 2.50 bits per heavy atom. The summed E-state index contributed by atoms with van der Waals surface area (Å²) in [5.74, 6) is -1.27. The van der Waals surface area contributed by atoms with Crippen LogP contribution in [-0.4, -0.2) is 23.1 Å². The van der Waals surface area contributed by atoms with E-state index in [1.54, 1.807) is 38.1 Å². The molecule has 0 aliphatic heterocycles. The van der Waals surface area contributed by atoms with E-state index in [9.17, 15) is 9.59 Å². The highest BCUT2D eigenvalue weighted by molar-refractivity contribution is 6.32. The molecule has 1 rings (SSSR count). The lowest BCUT2D eigenvalue weighted by Crippen LogP contribution is -2.47. The lowest BCUT2D eigenvalue weighted by Gasteiger charge is -2.17. The van der Waals surface area contributed by atoms with Gasteiger partial charge in [0.05, 0.1) is 0 Å². The zero-order valence-corrected chi connectivity index (χ0v) is 12.0. The van der Waals surface area contributed by atoms with Gasteiger partial charge in [-0.2, -0.15) is 0 Å².